The van der Waals surface area contributed by atoms with Crippen molar-refractivity contribution in [1.82, 2.24) is 4.90 Å². The van der Waals surface area contributed by atoms with Crippen molar-refractivity contribution >= 4 is 19.9 Å². The van der Waals surface area contributed by atoms with Gasteiger partial charge in [-0.05, 0) is 27.7 Å². The molecule has 0 saturated heterocycles. The van der Waals surface area contributed by atoms with Gasteiger partial charge in [-0.2, -0.15) is 0 Å². The molecule has 24 heavy (non-hydrogen) atoms. The van der Waals surface area contributed by atoms with E-state index in [0.29, 0.717) is 0 Å². The average Bonchev–Trinajstić information content (AvgIpc) is 2.89. The summed E-state index contributed by atoms with van der Waals surface area (Å²) >= 11 is 0. The zero-order valence-corrected chi connectivity index (χ0v) is 15.6. The molecule has 0 spiro atoms. The fraction of sp³-hybridized carbons (Fsp3) is 0.714. The van der Waals surface area contributed by atoms with Gasteiger partial charge in [0.1, 0.15) is 17.3 Å². The van der Waals surface area contributed by atoms with Crippen molar-refractivity contribution in [2.45, 2.75) is 33.3 Å². The second-order valence-electron chi connectivity index (χ2n) is 5.87. The first-order valence-electron chi connectivity index (χ1n) is 7.34. The van der Waals surface area contributed by atoms with E-state index in [-0.39, 0.29) is 18.9 Å². The van der Waals surface area contributed by atoms with Crippen LogP contribution in [0.15, 0.2) is 12.0 Å². The topological polar surface area (TPSA) is 101 Å². The lowest BCUT2D eigenvalue weighted by Crippen LogP contribution is -2.35. The normalized spacial score (nSPS) is 18.2. The van der Waals surface area contributed by atoms with E-state index >= 15 is 0 Å². The largest absolute Gasteiger partial charge is 0.529 e. The molecule has 10 heteroatoms. The number of ether oxygens (including phenoxy) is 2. The summed E-state index contributed by atoms with van der Waals surface area (Å²) in [4.78, 5) is 25.4. The van der Waals surface area contributed by atoms with Crippen LogP contribution in [0.5, 0.6) is 0 Å². The Kier molecular flexibility index (Phi) is 6.83. The molecule has 1 amide bonds. The molecule has 0 fully saturated rings. The van der Waals surface area contributed by atoms with Crippen LogP contribution in [0.4, 0.5) is 4.79 Å². The summed E-state index contributed by atoms with van der Waals surface area (Å²) in [5.41, 5.74) is -0.706. The molecule has 0 saturated carbocycles. The van der Waals surface area contributed by atoms with Gasteiger partial charge < -0.3 is 14.0 Å². The van der Waals surface area contributed by atoms with Gasteiger partial charge >= 0.3 is 19.9 Å². The molecule has 0 N–H and O–H groups in total. The fourth-order valence-electron chi connectivity index (χ4n) is 1.83. The minimum atomic E-state index is -3.88. The molecule has 0 aromatic carbocycles. The van der Waals surface area contributed by atoms with Gasteiger partial charge in [-0.25, -0.2) is 9.36 Å². The van der Waals surface area contributed by atoms with Crippen LogP contribution < -0.4 is 0 Å². The van der Waals surface area contributed by atoms with Gasteiger partial charge in [0.2, 0.25) is 0 Å². The average molecular weight is 365 g/mol. The van der Waals surface area contributed by atoms with E-state index in [4.69, 9.17) is 23.0 Å². The van der Waals surface area contributed by atoms with Gasteiger partial charge in [0.25, 0.3) is 0 Å². The Morgan fingerprint density at radius 3 is 2.33 bits per heavy atom. The molecular weight excluding hydrogens is 341 g/mol. The highest BCUT2D eigenvalue weighted by molar-refractivity contribution is 7.48. The Balaban J connectivity index is 3.01. The number of esters is 1. The Morgan fingerprint density at radius 1 is 1.29 bits per heavy atom. The molecule has 0 aromatic rings. The van der Waals surface area contributed by atoms with Crippen LogP contribution in [0.3, 0.4) is 0 Å². The number of hydrogen-bond acceptors (Lipinski definition) is 8. The third-order valence-electron chi connectivity index (χ3n) is 2.87. The van der Waals surface area contributed by atoms with Crippen LogP contribution in [0, 0.1) is 5.92 Å². The first kappa shape index (κ1) is 20.5. The summed E-state index contributed by atoms with van der Waals surface area (Å²) < 4.78 is 36.9. The summed E-state index contributed by atoms with van der Waals surface area (Å²) in [6.07, 6.45) is 0.570. The molecule has 1 atom stereocenters. The van der Waals surface area contributed by atoms with E-state index in [1.165, 1.54) is 6.20 Å². The highest BCUT2D eigenvalue weighted by Gasteiger charge is 2.41. The second-order valence-corrected chi connectivity index (χ2v) is 7.68. The van der Waals surface area contributed by atoms with Crippen molar-refractivity contribution in [3.8, 4) is 0 Å². The minimum Gasteiger partial charge on any atom is -0.465 e. The van der Waals surface area contributed by atoms with Crippen molar-refractivity contribution in [3.05, 3.63) is 12.0 Å². The van der Waals surface area contributed by atoms with E-state index < -0.39 is 31.4 Å². The lowest BCUT2D eigenvalue weighted by atomic mass is 10.1. The Morgan fingerprint density at radius 2 is 1.88 bits per heavy atom. The van der Waals surface area contributed by atoms with Crippen LogP contribution in [-0.4, -0.2) is 49.9 Å². The molecule has 0 aromatic heterocycles. The quantitative estimate of drug-likeness (QED) is 0.523. The molecule has 9 nitrogen and oxygen atoms in total. The highest BCUT2D eigenvalue weighted by Crippen LogP contribution is 2.51. The number of carbonyl (C=O) groups is 2. The van der Waals surface area contributed by atoms with Crippen molar-refractivity contribution in [3.63, 3.8) is 0 Å². The molecule has 138 valence electrons. The lowest BCUT2D eigenvalue weighted by molar-refractivity contribution is -0.147. The molecule has 1 aliphatic rings. The molecule has 0 bridgehead atoms. The maximum absolute atomic E-state index is 12.2. The van der Waals surface area contributed by atoms with Crippen LogP contribution in [-0.2, 0) is 32.4 Å². The summed E-state index contributed by atoms with van der Waals surface area (Å²) in [6.45, 7) is 6.90. The first-order valence-corrected chi connectivity index (χ1v) is 8.80. The molecule has 1 aliphatic heterocycles. The minimum absolute atomic E-state index is 0.0497. The summed E-state index contributed by atoms with van der Waals surface area (Å²) in [7, 11) is -1.59. The first-order chi connectivity index (χ1) is 11.0. The Bertz CT molecular complexity index is 545. The van der Waals surface area contributed by atoms with Gasteiger partial charge in [-0.1, -0.05) is 0 Å². The zero-order chi connectivity index (χ0) is 18.5. The number of hydrogen-bond donors (Lipinski definition) is 0. The number of phosphoric ester groups is 1. The maximum Gasteiger partial charge on any atom is 0.529 e. The number of rotatable bonds is 6. The molecule has 0 radical (unpaired) electrons. The van der Waals surface area contributed by atoms with E-state index in [1.54, 1.807) is 27.7 Å². The molecular formula is C14H24NO8P. The van der Waals surface area contributed by atoms with Gasteiger partial charge in [0.05, 0.1) is 6.61 Å². The van der Waals surface area contributed by atoms with E-state index in [0.717, 1.165) is 19.1 Å². The van der Waals surface area contributed by atoms with Gasteiger partial charge in [0, 0.05) is 27.0 Å². The van der Waals surface area contributed by atoms with Crippen molar-refractivity contribution in [2.75, 3.05) is 27.4 Å². The summed E-state index contributed by atoms with van der Waals surface area (Å²) in [5.74, 6) is -1.61. The second kappa shape index (κ2) is 8.00. The number of amides is 1. The van der Waals surface area contributed by atoms with Crippen LogP contribution >= 0.6 is 7.82 Å². The predicted molar refractivity (Wildman–Crippen MR) is 83.9 cm³/mol. The summed E-state index contributed by atoms with van der Waals surface area (Å²) in [5, 5.41) is 0. The highest BCUT2D eigenvalue weighted by atomic mass is 31.2. The van der Waals surface area contributed by atoms with Gasteiger partial charge in [0.15, 0.2) is 0 Å². The third-order valence-corrected chi connectivity index (χ3v) is 4.20. The number of carbonyl (C=O) groups excluding carboxylic acids is 2. The molecule has 1 heterocycles. The van der Waals surface area contributed by atoms with Crippen molar-refractivity contribution in [1.29, 1.82) is 0 Å². The van der Waals surface area contributed by atoms with Gasteiger partial charge in [-0.15, -0.1) is 0 Å². The maximum atomic E-state index is 12.2. The molecule has 1 rings (SSSR count). The summed E-state index contributed by atoms with van der Waals surface area (Å²) in [6, 6.07) is 0. The molecule has 0 aliphatic carbocycles. The van der Waals surface area contributed by atoms with Crippen molar-refractivity contribution in [2.24, 2.45) is 5.92 Å². The van der Waals surface area contributed by atoms with E-state index in [9.17, 15) is 14.2 Å². The third kappa shape index (κ3) is 5.51. The standard InChI is InChI=1S/C14H24NO8P/c1-7-21-12(16)10-8-15(13(17)22-14(2,3)4)9-11(10)23-24(18,19-5)20-6/h9-10H,7-8H2,1-6H3. The number of phosphoric acid groups is 1. The zero-order valence-electron chi connectivity index (χ0n) is 14.7. The van der Waals surface area contributed by atoms with Crippen molar-refractivity contribution < 1.29 is 37.2 Å². The van der Waals surface area contributed by atoms with Crippen LogP contribution in [0.25, 0.3) is 0 Å². The van der Waals surface area contributed by atoms with Crippen LogP contribution in [0.2, 0.25) is 0 Å². The smallest absolute Gasteiger partial charge is 0.465 e. The molecule has 1 unspecified atom stereocenters. The Labute approximate surface area is 141 Å². The predicted octanol–water partition coefficient (Wildman–Crippen LogP) is 2.68. The SMILES string of the molecule is CCOC(=O)C1CN(C(=O)OC(C)(C)C)C=C1OP(=O)(OC)OC. The van der Waals surface area contributed by atoms with Gasteiger partial charge in [-0.3, -0.25) is 18.7 Å². The number of nitrogens with zero attached hydrogens (tertiary/aromatic N) is 1. The monoisotopic (exact) mass is 365 g/mol. The Hall–Kier alpha value is -1.57. The van der Waals surface area contributed by atoms with E-state index in [2.05, 4.69) is 0 Å². The lowest BCUT2D eigenvalue weighted by Gasteiger charge is -2.23. The van der Waals surface area contributed by atoms with E-state index in [1.807, 2.05) is 0 Å². The fourth-order valence-corrected chi connectivity index (χ4v) is 2.56. The van der Waals surface area contributed by atoms with Crippen LogP contribution in [0.1, 0.15) is 27.7 Å².